The number of carbonyl (C=O) groups excluding carboxylic acids is 1. The highest BCUT2D eigenvalue weighted by molar-refractivity contribution is 6.69. The van der Waals surface area contributed by atoms with Crippen molar-refractivity contribution >= 4 is 28.8 Å². The summed E-state index contributed by atoms with van der Waals surface area (Å²) in [6.45, 7) is -0.632. The van der Waals surface area contributed by atoms with Gasteiger partial charge >= 0.3 is 5.97 Å². The molecule has 4 N–H and O–H groups in total. The number of nitrogens with zero attached hydrogens (tertiary/aromatic N) is 2. The second-order valence-electron chi connectivity index (χ2n) is 5.63. The van der Waals surface area contributed by atoms with Crippen LogP contribution in [0.4, 0.5) is 15.8 Å². The topological polar surface area (TPSA) is 116 Å². The molecule has 0 bridgehead atoms. The van der Waals surface area contributed by atoms with Crippen LogP contribution in [0.1, 0.15) is 0 Å². The Morgan fingerprint density at radius 1 is 1.04 bits per heavy atom. The Bertz CT molecular complexity index is 855. The number of halogens is 1. The molecule has 1 saturated heterocycles. The predicted octanol–water partition coefficient (Wildman–Crippen LogP) is 1.34. The first-order valence-corrected chi connectivity index (χ1v) is 8.06. The van der Waals surface area contributed by atoms with Crippen LogP contribution in [0, 0.1) is 5.82 Å². The molecule has 2 aromatic rings. The molecule has 0 aromatic heterocycles. The Kier molecular flexibility index (Phi) is 5.74. The average Bonchev–Trinajstić information content (AvgIpc) is 3.01. The molecule has 3 rings (SSSR count). The number of anilines is 2. The quantitative estimate of drug-likeness (QED) is 0.449. The van der Waals surface area contributed by atoms with Crippen LogP contribution in [-0.4, -0.2) is 46.4 Å². The summed E-state index contributed by atoms with van der Waals surface area (Å²) in [5.41, 5.74) is 6.32. The molecule has 2 aromatic carbocycles. The van der Waals surface area contributed by atoms with Crippen molar-refractivity contribution < 1.29 is 24.1 Å². The Balaban J connectivity index is 1.87. The lowest BCUT2D eigenvalue weighted by Gasteiger charge is -2.14. The lowest BCUT2D eigenvalue weighted by Crippen LogP contribution is -2.36. The predicted molar refractivity (Wildman–Crippen MR) is 97.9 cm³/mol. The molecule has 1 aliphatic rings. The highest BCUT2D eigenvalue weighted by atomic mass is 19.1. The first-order valence-electron chi connectivity index (χ1n) is 8.06. The highest BCUT2D eigenvalue weighted by Crippen LogP contribution is 2.17. The van der Waals surface area contributed by atoms with Crippen LogP contribution in [0.25, 0.3) is 0 Å². The third-order valence-corrected chi connectivity index (χ3v) is 3.70. The molecule has 0 radical (unpaired) electrons. The number of aliphatic hydroxyl groups is 2. The Labute approximate surface area is 154 Å². The van der Waals surface area contributed by atoms with Crippen molar-refractivity contribution in [1.29, 1.82) is 0 Å². The van der Waals surface area contributed by atoms with E-state index in [1.807, 2.05) is 6.07 Å². The maximum atomic E-state index is 13.0. The van der Waals surface area contributed by atoms with E-state index in [9.17, 15) is 19.4 Å². The van der Waals surface area contributed by atoms with E-state index >= 15 is 0 Å². The van der Waals surface area contributed by atoms with E-state index in [-0.39, 0.29) is 11.4 Å². The number of hydrogen-bond donors (Lipinski definition) is 4. The summed E-state index contributed by atoms with van der Waals surface area (Å²) in [6, 6.07) is 14.3. The van der Waals surface area contributed by atoms with Gasteiger partial charge in [0.1, 0.15) is 17.6 Å². The Morgan fingerprint density at radius 2 is 1.67 bits per heavy atom. The van der Waals surface area contributed by atoms with Crippen LogP contribution in [0.5, 0.6) is 0 Å². The molecule has 0 aliphatic carbocycles. The third-order valence-electron chi connectivity index (χ3n) is 3.70. The minimum Gasteiger partial charge on any atom is -0.448 e. The minimum absolute atomic E-state index is 0.00862. The zero-order chi connectivity index (χ0) is 19.2. The van der Waals surface area contributed by atoms with Crippen molar-refractivity contribution in [2.45, 2.75) is 12.2 Å². The van der Waals surface area contributed by atoms with Crippen LogP contribution >= 0.6 is 0 Å². The summed E-state index contributed by atoms with van der Waals surface area (Å²) < 4.78 is 18.1. The van der Waals surface area contributed by atoms with Crippen LogP contribution in [0.2, 0.25) is 0 Å². The fourth-order valence-electron chi connectivity index (χ4n) is 2.32. The SMILES string of the molecule is O=C1OC(C(O)CO)C(=NNc2ccc(F)cc2)C1=NNc1ccccc1. The number of esters is 1. The molecule has 2 atom stereocenters. The number of para-hydroxylation sites is 1. The van der Waals surface area contributed by atoms with Crippen molar-refractivity contribution in [2.24, 2.45) is 10.2 Å². The van der Waals surface area contributed by atoms with Gasteiger partial charge < -0.3 is 14.9 Å². The summed E-state index contributed by atoms with van der Waals surface area (Å²) in [5.74, 6) is -1.20. The maximum absolute atomic E-state index is 13.0. The monoisotopic (exact) mass is 372 g/mol. The maximum Gasteiger partial charge on any atom is 0.361 e. The number of hydrazone groups is 2. The molecule has 1 heterocycles. The molecule has 9 heteroatoms. The van der Waals surface area contributed by atoms with Gasteiger partial charge in [0.15, 0.2) is 11.8 Å². The Morgan fingerprint density at radius 3 is 2.33 bits per heavy atom. The van der Waals surface area contributed by atoms with Gasteiger partial charge in [0.05, 0.1) is 18.0 Å². The van der Waals surface area contributed by atoms with Crippen molar-refractivity contribution in [3.8, 4) is 0 Å². The smallest absolute Gasteiger partial charge is 0.361 e. The lowest BCUT2D eigenvalue weighted by molar-refractivity contribution is -0.140. The summed E-state index contributed by atoms with van der Waals surface area (Å²) in [6.07, 6.45) is -2.56. The summed E-state index contributed by atoms with van der Waals surface area (Å²) >= 11 is 0. The zero-order valence-corrected chi connectivity index (χ0v) is 14.0. The first-order chi connectivity index (χ1) is 13.1. The van der Waals surface area contributed by atoms with Crippen LogP contribution in [0.3, 0.4) is 0 Å². The van der Waals surface area contributed by atoms with Crippen molar-refractivity contribution in [1.82, 2.24) is 0 Å². The van der Waals surface area contributed by atoms with Crippen molar-refractivity contribution in [2.75, 3.05) is 17.5 Å². The minimum atomic E-state index is -1.37. The van der Waals surface area contributed by atoms with Gasteiger partial charge in [-0.3, -0.25) is 10.9 Å². The van der Waals surface area contributed by atoms with Gasteiger partial charge in [-0.15, -0.1) is 0 Å². The second-order valence-corrected chi connectivity index (χ2v) is 5.63. The molecule has 0 spiro atoms. The molecule has 27 heavy (non-hydrogen) atoms. The number of ether oxygens (including phenoxy) is 1. The molecule has 1 fully saturated rings. The normalized spacial score (nSPS) is 20.6. The molecule has 140 valence electrons. The molecular formula is C18H17FN4O4. The molecule has 8 nitrogen and oxygen atoms in total. The van der Waals surface area contributed by atoms with Gasteiger partial charge in [0.2, 0.25) is 0 Å². The van der Waals surface area contributed by atoms with E-state index in [4.69, 9.17) is 4.74 Å². The van der Waals surface area contributed by atoms with Gasteiger partial charge in [-0.1, -0.05) is 18.2 Å². The van der Waals surface area contributed by atoms with E-state index in [0.717, 1.165) is 0 Å². The molecule has 0 amide bonds. The van der Waals surface area contributed by atoms with Gasteiger partial charge in [-0.05, 0) is 36.4 Å². The third kappa shape index (κ3) is 4.46. The van der Waals surface area contributed by atoms with Gasteiger partial charge in [-0.2, -0.15) is 10.2 Å². The molecular weight excluding hydrogens is 355 g/mol. The second kappa shape index (κ2) is 8.39. The number of rotatable bonds is 6. The van der Waals surface area contributed by atoms with Gasteiger partial charge in [-0.25, -0.2) is 9.18 Å². The van der Waals surface area contributed by atoms with Crippen molar-refractivity contribution in [3.63, 3.8) is 0 Å². The van der Waals surface area contributed by atoms with E-state index in [1.165, 1.54) is 24.3 Å². The number of hydrogen-bond acceptors (Lipinski definition) is 8. The lowest BCUT2D eigenvalue weighted by atomic mass is 10.1. The van der Waals surface area contributed by atoms with E-state index < -0.39 is 30.6 Å². The van der Waals surface area contributed by atoms with Crippen LogP contribution in [-0.2, 0) is 9.53 Å². The molecule has 0 saturated carbocycles. The standard InChI is InChI=1S/C18H17FN4O4/c19-11-6-8-13(9-7-11)21-22-15-16(18(26)27-17(15)14(25)10-24)23-20-12-4-2-1-3-5-12/h1-9,14,17,20-21,24-25H,10H2. The van der Waals surface area contributed by atoms with E-state index in [0.29, 0.717) is 11.4 Å². The number of nitrogens with one attached hydrogen (secondary N) is 2. The molecule has 2 unspecified atom stereocenters. The van der Waals surface area contributed by atoms with Crippen molar-refractivity contribution in [3.05, 3.63) is 60.4 Å². The fraction of sp³-hybridized carbons (Fsp3) is 0.167. The summed E-state index contributed by atoms with van der Waals surface area (Å²) in [4.78, 5) is 12.1. The fourth-order valence-corrected chi connectivity index (χ4v) is 2.32. The number of aliphatic hydroxyl groups excluding tert-OH is 2. The number of carbonyl (C=O) groups is 1. The summed E-state index contributed by atoms with van der Waals surface area (Å²) in [7, 11) is 0. The zero-order valence-electron chi connectivity index (χ0n) is 14.0. The molecule has 1 aliphatic heterocycles. The highest BCUT2D eigenvalue weighted by Gasteiger charge is 2.42. The number of cyclic esters (lactones) is 1. The first kappa shape index (κ1) is 18.5. The van der Waals surface area contributed by atoms with Crippen LogP contribution < -0.4 is 10.9 Å². The Hall–Kier alpha value is -3.30. The van der Waals surface area contributed by atoms with Gasteiger partial charge in [0, 0.05) is 0 Å². The van der Waals surface area contributed by atoms with Crippen LogP contribution in [0.15, 0.2) is 64.8 Å². The summed E-state index contributed by atoms with van der Waals surface area (Å²) in [5, 5.41) is 27.2. The van der Waals surface area contributed by atoms with E-state index in [1.54, 1.807) is 24.3 Å². The van der Waals surface area contributed by atoms with E-state index in [2.05, 4.69) is 21.1 Å². The number of benzene rings is 2. The largest absolute Gasteiger partial charge is 0.448 e. The average molecular weight is 372 g/mol. The van der Waals surface area contributed by atoms with Gasteiger partial charge in [0.25, 0.3) is 0 Å².